The molecule has 2 aromatic carbocycles. The van der Waals surface area contributed by atoms with Crippen LogP contribution in [0, 0.1) is 5.92 Å². The monoisotopic (exact) mass is 541 g/mol. The normalized spacial score (nSPS) is 17.5. The van der Waals surface area contributed by atoms with Crippen LogP contribution in [-0.4, -0.2) is 76.1 Å². The van der Waals surface area contributed by atoms with Gasteiger partial charge in [0.25, 0.3) is 5.91 Å². The minimum atomic E-state index is -0.447. The zero-order chi connectivity index (χ0) is 28.2. The largest absolute Gasteiger partial charge is 0.493 e. The van der Waals surface area contributed by atoms with E-state index in [0.717, 1.165) is 12.0 Å². The molecule has 0 aromatic heterocycles. The fraction of sp³-hybridized carbons (Fsp3) is 0.533. The Bertz CT molecular complexity index is 1050. The lowest BCUT2D eigenvalue weighted by molar-refractivity contribution is 0.0661. The molecule has 39 heavy (non-hydrogen) atoms. The minimum Gasteiger partial charge on any atom is -0.493 e. The molecule has 0 saturated carbocycles. The Balaban J connectivity index is 1.66. The summed E-state index contributed by atoms with van der Waals surface area (Å²) in [6, 6.07) is 14.8. The van der Waals surface area contributed by atoms with Crippen LogP contribution in [0.5, 0.6) is 11.5 Å². The van der Waals surface area contributed by atoms with Crippen LogP contribution in [0.1, 0.15) is 55.6 Å². The van der Waals surface area contributed by atoms with Crippen molar-refractivity contribution in [3.05, 3.63) is 59.7 Å². The summed E-state index contributed by atoms with van der Waals surface area (Å²) in [6.45, 7) is 8.81. The van der Waals surface area contributed by atoms with Crippen molar-refractivity contribution in [1.29, 1.82) is 0 Å². The molecule has 0 unspecified atom stereocenters. The van der Waals surface area contributed by atoms with Gasteiger partial charge in [-0.2, -0.15) is 0 Å². The molecule has 9 heteroatoms. The number of carbonyl (C=O) groups is 2. The molecular weight excluding hydrogens is 498 g/mol. The van der Waals surface area contributed by atoms with Gasteiger partial charge in [0, 0.05) is 57.3 Å². The minimum absolute atomic E-state index is 0.0312. The predicted molar refractivity (Wildman–Crippen MR) is 150 cm³/mol. The third-order valence-electron chi connectivity index (χ3n) is 6.91. The number of hydrogen-bond donors (Lipinski definition) is 2. The van der Waals surface area contributed by atoms with E-state index in [0.29, 0.717) is 56.3 Å². The van der Waals surface area contributed by atoms with Gasteiger partial charge >= 0.3 is 6.09 Å². The molecule has 1 aliphatic rings. The molecule has 214 valence electrons. The van der Waals surface area contributed by atoms with Gasteiger partial charge in [-0.25, -0.2) is 4.79 Å². The second-order valence-electron chi connectivity index (χ2n) is 9.99. The molecule has 0 bridgehead atoms. The summed E-state index contributed by atoms with van der Waals surface area (Å²) < 4.78 is 22.1. The number of alkyl carbamates (subject to hydrolysis) is 1. The van der Waals surface area contributed by atoms with Gasteiger partial charge in [-0.05, 0) is 44.0 Å². The summed E-state index contributed by atoms with van der Waals surface area (Å²) in [7, 11) is 3.23. The van der Waals surface area contributed by atoms with E-state index in [4.69, 9.17) is 18.9 Å². The second kappa shape index (κ2) is 15.3. The van der Waals surface area contributed by atoms with E-state index in [1.807, 2.05) is 56.0 Å². The van der Waals surface area contributed by atoms with Gasteiger partial charge in [0.15, 0.2) is 11.5 Å². The van der Waals surface area contributed by atoms with Gasteiger partial charge in [-0.15, -0.1) is 0 Å². The predicted octanol–water partition coefficient (Wildman–Crippen LogP) is 4.43. The highest BCUT2D eigenvalue weighted by atomic mass is 16.6. The first-order valence-corrected chi connectivity index (χ1v) is 13.7. The molecule has 9 nitrogen and oxygen atoms in total. The number of hydrogen-bond acceptors (Lipinski definition) is 7. The second-order valence-corrected chi connectivity index (χ2v) is 9.99. The summed E-state index contributed by atoms with van der Waals surface area (Å²) in [5.41, 5.74) is 1.49. The summed E-state index contributed by atoms with van der Waals surface area (Å²) in [6.07, 6.45) is 0.650. The average Bonchev–Trinajstić information content (AvgIpc) is 3.38. The van der Waals surface area contributed by atoms with Crippen LogP contribution in [0.15, 0.2) is 48.5 Å². The number of amides is 2. The summed E-state index contributed by atoms with van der Waals surface area (Å²) >= 11 is 0. The van der Waals surface area contributed by atoms with Crippen molar-refractivity contribution in [2.75, 3.05) is 47.1 Å². The Morgan fingerprint density at radius 2 is 1.82 bits per heavy atom. The number of methoxy groups -OCH3 is 2. The number of nitrogens with zero attached hydrogens (tertiary/aromatic N) is 1. The van der Waals surface area contributed by atoms with Crippen LogP contribution in [0.25, 0.3) is 0 Å². The molecule has 2 N–H and O–H groups in total. The third kappa shape index (κ3) is 8.60. The number of benzene rings is 2. The van der Waals surface area contributed by atoms with Gasteiger partial charge in [-0.3, -0.25) is 4.79 Å². The first-order valence-electron chi connectivity index (χ1n) is 13.7. The Morgan fingerprint density at radius 1 is 1.05 bits per heavy atom. The van der Waals surface area contributed by atoms with E-state index in [2.05, 4.69) is 10.6 Å². The zero-order valence-corrected chi connectivity index (χ0v) is 23.8. The zero-order valence-electron chi connectivity index (χ0n) is 23.8. The van der Waals surface area contributed by atoms with Gasteiger partial charge < -0.3 is 34.5 Å². The van der Waals surface area contributed by atoms with Gasteiger partial charge in [0.1, 0.15) is 6.10 Å². The van der Waals surface area contributed by atoms with Crippen molar-refractivity contribution in [2.24, 2.45) is 5.92 Å². The molecule has 3 atom stereocenters. The number of nitrogens with one attached hydrogen (secondary N) is 2. The molecule has 1 saturated heterocycles. The van der Waals surface area contributed by atoms with E-state index in [9.17, 15) is 9.59 Å². The topological polar surface area (TPSA) is 98.4 Å². The smallest absolute Gasteiger partial charge is 0.408 e. The highest BCUT2D eigenvalue weighted by Crippen LogP contribution is 2.29. The molecule has 0 radical (unpaired) electrons. The first-order chi connectivity index (χ1) is 18.9. The maximum Gasteiger partial charge on any atom is 0.408 e. The SMILES string of the molecule is CC[C@H](OC(=O)N[C@@H]1CNC[C@H]1CN(C(=O)c1ccc(OC)c(OCCCOC)c1)C(C)C)c1ccccc1. The van der Waals surface area contributed by atoms with Crippen LogP contribution >= 0.6 is 0 Å². The third-order valence-corrected chi connectivity index (χ3v) is 6.91. The first kappa shape index (κ1) is 30.2. The van der Waals surface area contributed by atoms with Crippen LogP contribution in [0.2, 0.25) is 0 Å². The summed E-state index contributed by atoms with van der Waals surface area (Å²) in [5.74, 6) is 1.03. The van der Waals surface area contributed by atoms with Crippen molar-refractivity contribution in [3.8, 4) is 11.5 Å². The van der Waals surface area contributed by atoms with Crippen molar-refractivity contribution in [1.82, 2.24) is 15.5 Å². The highest BCUT2D eigenvalue weighted by molar-refractivity contribution is 5.95. The van der Waals surface area contributed by atoms with Crippen molar-refractivity contribution in [3.63, 3.8) is 0 Å². The fourth-order valence-corrected chi connectivity index (χ4v) is 4.72. The molecule has 1 aliphatic heterocycles. The Hall–Kier alpha value is -3.30. The Labute approximate surface area is 232 Å². The Kier molecular flexibility index (Phi) is 11.9. The standard InChI is InChI=1S/C30H43N3O6/c1-6-26(22-11-8-7-9-12-22)39-30(35)32-25-19-31-18-24(25)20-33(21(2)3)29(34)23-13-14-27(37-5)28(17-23)38-16-10-15-36-4/h7-9,11-14,17,21,24-26,31H,6,10,15-16,18-20H2,1-5H3,(H,32,35)/t24-,25+,26-/m0/s1. The van der Waals surface area contributed by atoms with E-state index in [-0.39, 0.29) is 30.0 Å². The molecule has 0 aliphatic carbocycles. The molecule has 2 amide bonds. The number of carbonyl (C=O) groups excluding carboxylic acids is 2. The number of ether oxygens (including phenoxy) is 4. The van der Waals surface area contributed by atoms with E-state index >= 15 is 0 Å². The van der Waals surface area contributed by atoms with Crippen molar-refractivity contribution >= 4 is 12.0 Å². The lowest BCUT2D eigenvalue weighted by Gasteiger charge is -2.32. The molecule has 3 rings (SSSR count). The number of rotatable bonds is 14. The summed E-state index contributed by atoms with van der Waals surface area (Å²) in [4.78, 5) is 28.3. The maximum absolute atomic E-state index is 13.6. The van der Waals surface area contributed by atoms with Crippen molar-refractivity contribution < 1.29 is 28.5 Å². The fourth-order valence-electron chi connectivity index (χ4n) is 4.72. The Morgan fingerprint density at radius 3 is 2.49 bits per heavy atom. The van der Waals surface area contributed by atoms with Gasteiger partial charge in [0.05, 0.1) is 19.8 Å². The van der Waals surface area contributed by atoms with Crippen molar-refractivity contribution in [2.45, 2.75) is 51.8 Å². The van der Waals surface area contributed by atoms with E-state index < -0.39 is 6.09 Å². The average molecular weight is 542 g/mol. The van der Waals surface area contributed by atoms with Gasteiger partial charge in [-0.1, -0.05) is 37.3 Å². The molecule has 1 heterocycles. The maximum atomic E-state index is 13.6. The lowest BCUT2D eigenvalue weighted by atomic mass is 10.0. The van der Waals surface area contributed by atoms with Crippen LogP contribution in [0.4, 0.5) is 4.79 Å². The summed E-state index contributed by atoms with van der Waals surface area (Å²) in [5, 5.41) is 6.39. The van der Waals surface area contributed by atoms with Crippen LogP contribution < -0.4 is 20.1 Å². The molecular formula is C30H43N3O6. The van der Waals surface area contributed by atoms with Gasteiger partial charge in [0.2, 0.25) is 0 Å². The lowest BCUT2D eigenvalue weighted by Crippen LogP contribution is -2.47. The quantitative estimate of drug-likeness (QED) is 0.342. The molecule has 0 spiro atoms. The van der Waals surface area contributed by atoms with E-state index in [1.165, 1.54) is 0 Å². The van der Waals surface area contributed by atoms with Crippen LogP contribution in [0.3, 0.4) is 0 Å². The van der Waals surface area contributed by atoms with Crippen LogP contribution in [-0.2, 0) is 9.47 Å². The van der Waals surface area contributed by atoms with E-state index in [1.54, 1.807) is 32.4 Å². The molecule has 1 fully saturated rings. The highest BCUT2D eigenvalue weighted by Gasteiger charge is 2.33. The molecule has 2 aromatic rings.